The molecule has 0 saturated carbocycles. The summed E-state index contributed by atoms with van der Waals surface area (Å²) in [5.41, 5.74) is 0.699. The molecule has 1 aromatic rings. The SMILES string of the molecule is COC(=O)[C@@H](CCSC)NC(=O)/C=C/c1ccc(F)cc1. The normalized spacial score (nSPS) is 12.1. The van der Waals surface area contributed by atoms with Crippen molar-refractivity contribution in [1.82, 2.24) is 5.32 Å². The lowest BCUT2D eigenvalue weighted by atomic mass is 10.2. The highest BCUT2D eigenvalue weighted by Gasteiger charge is 2.19. The van der Waals surface area contributed by atoms with Crippen molar-refractivity contribution in [1.29, 1.82) is 0 Å². The summed E-state index contributed by atoms with van der Waals surface area (Å²) in [6, 6.07) is 5.09. The third kappa shape index (κ3) is 6.44. The average molecular weight is 311 g/mol. The molecular formula is C15H18FNO3S. The highest BCUT2D eigenvalue weighted by molar-refractivity contribution is 7.98. The van der Waals surface area contributed by atoms with Crippen molar-refractivity contribution < 1.29 is 18.7 Å². The Balaban J connectivity index is 2.60. The number of esters is 1. The van der Waals surface area contributed by atoms with Crippen molar-refractivity contribution in [2.24, 2.45) is 0 Å². The van der Waals surface area contributed by atoms with Crippen molar-refractivity contribution in [2.75, 3.05) is 19.1 Å². The molecule has 1 amide bonds. The molecule has 0 aliphatic rings. The van der Waals surface area contributed by atoms with Crippen molar-refractivity contribution in [3.63, 3.8) is 0 Å². The molecule has 6 heteroatoms. The van der Waals surface area contributed by atoms with E-state index in [0.29, 0.717) is 12.0 Å². The molecular weight excluding hydrogens is 293 g/mol. The van der Waals surface area contributed by atoms with Crippen LogP contribution in [0.3, 0.4) is 0 Å². The quantitative estimate of drug-likeness (QED) is 0.620. The van der Waals surface area contributed by atoms with Gasteiger partial charge in [0.15, 0.2) is 0 Å². The summed E-state index contributed by atoms with van der Waals surface area (Å²) in [7, 11) is 1.29. The number of ether oxygens (including phenoxy) is 1. The Morgan fingerprint density at radius 3 is 2.62 bits per heavy atom. The van der Waals surface area contributed by atoms with Gasteiger partial charge >= 0.3 is 5.97 Å². The fourth-order valence-electron chi connectivity index (χ4n) is 1.59. The van der Waals surface area contributed by atoms with Crippen LogP contribution in [0.4, 0.5) is 4.39 Å². The number of halogens is 1. The van der Waals surface area contributed by atoms with E-state index < -0.39 is 17.9 Å². The van der Waals surface area contributed by atoms with E-state index in [4.69, 9.17) is 0 Å². The maximum atomic E-state index is 12.7. The fraction of sp³-hybridized carbons (Fsp3) is 0.333. The number of carbonyl (C=O) groups is 2. The summed E-state index contributed by atoms with van der Waals surface area (Å²) in [4.78, 5) is 23.3. The number of amides is 1. The van der Waals surface area contributed by atoms with Crippen LogP contribution < -0.4 is 5.32 Å². The largest absolute Gasteiger partial charge is 0.467 e. The maximum absolute atomic E-state index is 12.7. The number of carbonyl (C=O) groups excluding carboxylic acids is 2. The summed E-state index contributed by atoms with van der Waals surface area (Å²) < 4.78 is 17.4. The molecule has 0 aliphatic carbocycles. The smallest absolute Gasteiger partial charge is 0.328 e. The molecule has 1 aromatic carbocycles. The van der Waals surface area contributed by atoms with E-state index >= 15 is 0 Å². The zero-order valence-corrected chi connectivity index (χ0v) is 12.8. The first-order valence-corrected chi connectivity index (χ1v) is 7.77. The van der Waals surface area contributed by atoms with Crippen LogP contribution >= 0.6 is 11.8 Å². The second kappa shape index (κ2) is 9.18. The summed E-state index contributed by atoms with van der Waals surface area (Å²) in [5, 5.41) is 2.60. The minimum Gasteiger partial charge on any atom is -0.467 e. The van der Waals surface area contributed by atoms with Gasteiger partial charge < -0.3 is 10.1 Å². The standard InChI is InChI=1S/C15H18FNO3S/c1-20-15(19)13(9-10-21-2)17-14(18)8-5-11-3-6-12(16)7-4-11/h3-8,13H,9-10H2,1-2H3,(H,17,18)/b8-5+/t13-/m1/s1. The second-order valence-electron chi connectivity index (χ2n) is 4.25. The van der Waals surface area contributed by atoms with Gasteiger partial charge in [0.05, 0.1) is 7.11 Å². The zero-order chi connectivity index (χ0) is 15.7. The van der Waals surface area contributed by atoms with E-state index in [1.54, 1.807) is 30.0 Å². The summed E-state index contributed by atoms with van der Waals surface area (Å²) in [6.07, 6.45) is 5.29. The average Bonchev–Trinajstić information content (AvgIpc) is 2.50. The first-order valence-electron chi connectivity index (χ1n) is 6.37. The van der Waals surface area contributed by atoms with Crippen LogP contribution in [0.5, 0.6) is 0 Å². The molecule has 0 unspecified atom stereocenters. The van der Waals surface area contributed by atoms with Gasteiger partial charge in [0.2, 0.25) is 5.91 Å². The van der Waals surface area contributed by atoms with E-state index in [1.165, 1.54) is 25.3 Å². The van der Waals surface area contributed by atoms with Crippen LogP contribution in [0.1, 0.15) is 12.0 Å². The Hall–Kier alpha value is -1.82. The molecule has 114 valence electrons. The van der Waals surface area contributed by atoms with Crippen molar-refractivity contribution in [2.45, 2.75) is 12.5 Å². The minimum atomic E-state index is -0.659. The van der Waals surface area contributed by atoms with Crippen LogP contribution in [0.25, 0.3) is 6.08 Å². The molecule has 0 heterocycles. The number of hydrogen-bond donors (Lipinski definition) is 1. The Kier molecular flexibility index (Phi) is 7.53. The molecule has 1 N–H and O–H groups in total. The van der Waals surface area contributed by atoms with Crippen LogP contribution in [0.15, 0.2) is 30.3 Å². The number of methoxy groups -OCH3 is 1. The predicted octanol–water partition coefficient (Wildman–Crippen LogP) is 2.25. The highest BCUT2D eigenvalue weighted by atomic mass is 32.2. The summed E-state index contributed by atoms with van der Waals surface area (Å²) in [5.74, 6) is -0.454. The van der Waals surface area contributed by atoms with Gasteiger partial charge in [-0.2, -0.15) is 11.8 Å². The van der Waals surface area contributed by atoms with Gasteiger partial charge in [-0.25, -0.2) is 9.18 Å². The van der Waals surface area contributed by atoms with E-state index in [9.17, 15) is 14.0 Å². The zero-order valence-electron chi connectivity index (χ0n) is 12.0. The molecule has 4 nitrogen and oxygen atoms in total. The van der Waals surface area contributed by atoms with Crippen LogP contribution in [-0.2, 0) is 14.3 Å². The van der Waals surface area contributed by atoms with Gasteiger partial charge in [-0.3, -0.25) is 4.79 Å². The monoisotopic (exact) mass is 311 g/mol. The van der Waals surface area contributed by atoms with Crippen molar-refractivity contribution in [3.05, 3.63) is 41.7 Å². The van der Waals surface area contributed by atoms with Crippen LogP contribution in [0.2, 0.25) is 0 Å². The second-order valence-corrected chi connectivity index (χ2v) is 5.24. The number of thioether (sulfide) groups is 1. The van der Waals surface area contributed by atoms with E-state index in [2.05, 4.69) is 10.1 Å². The molecule has 1 atom stereocenters. The van der Waals surface area contributed by atoms with E-state index in [-0.39, 0.29) is 5.82 Å². The molecule has 0 radical (unpaired) electrons. The Morgan fingerprint density at radius 1 is 1.38 bits per heavy atom. The lowest BCUT2D eigenvalue weighted by Crippen LogP contribution is -2.41. The predicted molar refractivity (Wildman–Crippen MR) is 82.4 cm³/mol. The van der Waals surface area contributed by atoms with Gasteiger partial charge in [-0.15, -0.1) is 0 Å². The Morgan fingerprint density at radius 2 is 2.05 bits per heavy atom. The van der Waals surface area contributed by atoms with Crippen molar-refractivity contribution >= 4 is 29.7 Å². The number of nitrogens with one attached hydrogen (secondary N) is 1. The lowest BCUT2D eigenvalue weighted by Gasteiger charge is -2.14. The van der Waals surface area contributed by atoms with Gasteiger partial charge in [-0.1, -0.05) is 12.1 Å². The Bertz CT molecular complexity index is 502. The van der Waals surface area contributed by atoms with Gasteiger partial charge in [0.25, 0.3) is 0 Å². The first kappa shape index (κ1) is 17.2. The minimum absolute atomic E-state index is 0.334. The maximum Gasteiger partial charge on any atom is 0.328 e. The number of rotatable bonds is 7. The fourth-order valence-corrected chi connectivity index (χ4v) is 2.06. The molecule has 0 aromatic heterocycles. The third-order valence-electron chi connectivity index (χ3n) is 2.71. The van der Waals surface area contributed by atoms with E-state index in [0.717, 1.165) is 5.75 Å². The lowest BCUT2D eigenvalue weighted by molar-refractivity contribution is -0.144. The Labute approximate surface area is 127 Å². The van der Waals surface area contributed by atoms with Crippen LogP contribution in [-0.4, -0.2) is 37.0 Å². The van der Waals surface area contributed by atoms with E-state index in [1.807, 2.05) is 6.26 Å². The molecule has 0 aliphatic heterocycles. The third-order valence-corrected chi connectivity index (χ3v) is 3.35. The number of hydrogen-bond acceptors (Lipinski definition) is 4. The summed E-state index contributed by atoms with van der Waals surface area (Å²) in [6.45, 7) is 0. The van der Waals surface area contributed by atoms with Gasteiger partial charge in [0.1, 0.15) is 11.9 Å². The molecule has 0 spiro atoms. The molecule has 0 saturated heterocycles. The molecule has 1 rings (SSSR count). The summed E-state index contributed by atoms with van der Waals surface area (Å²) >= 11 is 1.58. The number of benzene rings is 1. The van der Waals surface area contributed by atoms with Gasteiger partial charge in [0, 0.05) is 6.08 Å². The first-order chi connectivity index (χ1) is 10.1. The van der Waals surface area contributed by atoms with Gasteiger partial charge in [-0.05, 0) is 42.2 Å². The molecule has 0 fully saturated rings. The molecule has 0 bridgehead atoms. The van der Waals surface area contributed by atoms with Crippen LogP contribution in [0, 0.1) is 5.82 Å². The van der Waals surface area contributed by atoms with Crippen molar-refractivity contribution in [3.8, 4) is 0 Å². The highest BCUT2D eigenvalue weighted by Crippen LogP contribution is 2.05. The molecule has 21 heavy (non-hydrogen) atoms. The topological polar surface area (TPSA) is 55.4 Å².